The van der Waals surface area contributed by atoms with E-state index in [4.69, 9.17) is 32.7 Å². The molecule has 0 fully saturated rings. The molecule has 1 aliphatic rings. The Morgan fingerprint density at radius 3 is 2.38 bits per heavy atom. The summed E-state index contributed by atoms with van der Waals surface area (Å²) in [6, 6.07) is 20.8. The molecule has 206 valence electrons. The van der Waals surface area contributed by atoms with Crippen molar-refractivity contribution in [2.75, 3.05) is 12.4 Å². The molecule has 0 saturated carbocycles. The molecular formula is C30H32Cl2N2O4S. The van der Waals surface area contributed by atoms with Crippen LogP contribution in [0.4, 0.5) is 10.5 Å². The number of amides is 1. The van der Waals surface area contributed by atoms with E-state index in [2.05, 4.69) is 28.8 Å². The number of fused-ring (bicyclic) bond motifs is 1. The second-order valence-corrected chi connectivity index (χ2v) is 12.4. The van der Waals surface area contributed by atoms with Gasteiger partial charge in [0.2, 0.25) is 0 Å². The van der Waals surface area contributed by atoms with Crippen LogP contribution < -0.4 is 10.6 Å². The number of halogens is 2. The van der Waals surface area contributed by atoms with Crippen molar-refractivity contribution in [2.45, 2.75) is 61.4 Å². The summed E-state index contributed by atoms with van der Waals surface area (Å²) in [7, 11) is 1.30. The Kier molecular flexibility index (Phi) is 9.36. The number of methoxy groups -OCH3 is 1. The van der Waals surface area contributed by atoms with Gasteiger partial charge < -0.3 is 20.1 Å². The Morgan fingerprint density at radius 1 is 1.05 bits per heavy atom. The molecule has 1 heterocycles. The van der Waals surface area contributed by atoms with Gasteiger partial charge >= 0.3 is 12.1 Å². The lowest BCUT2D eigenvalue weighted by molar-refractivity contribution is -0.143. The molecule has 39 heavy (non-hydrogen) atoms. The number of carbonyl (C=O) groups is 2. The van der Waals surface area contributed by atoms with E-state index in [1.807, 2.05) is 48.5 Å². The average molecular weight is 588 g/mol. The zero-order valence-electron chi connectivity index (χ0n) is 22.3. The van der Waals surface area contributed by atoms with E-state index in [1.54, 1.807) is 32.5 Å². The molecule has 0 spiro atoms. The molecule has 3 aromatic rings. The summed E-state index contributed by atoms with van der Waals surface area (Å²) in [6.07, 6.45) is 0.326. The predicted octanol–water partition coefficient (Wildman–Crippen LogP) is 7.99. The maximum Gasteiger partial charge on any atom is 0.408 e. The summed E-state index contributed by atoms with van der Waals surface area (Å²) in [5.41, 5.74) is 3.14. The lowest BCUT2D eigenvalue weighted by atomic mass is 9.91. The van der Waals surface area contributed by atoms with Gasteiger partial charge in [0.1, 0.15) is 11.6 Å². The standard InChI is InChI=1S/C30H32Cl2N2O4S/c1-30(2,3)38-29(36)34-25(28(35)37-4)16-18-13-14-23-20(15-18)26(39-19-9-6-5-7-10-19)17-24(33-23)27-21(31)11-8-12-22(27)32/h5-15,24-26,33H,16-17H2,1-4H3,(H,34,36)/t24-,25+,26-/m1/s1. The van der Waals surface area contributed by atoms with Crippen molar-refractivity contribution in [3.63, 3.8) is 0 Å². The van der Waals surface area contributed by atoms with Crippen molar-refractivity contribution in [2.24, 2.45) is 0 Å². The third-order valence-corrected chi connectivity index (χ3v) is 8.16. The molecule has 1 aliphatic heterocycles. The fraction of sp³-hybridized carbons (Fsp3) is 0.333. The number of nitrogens with one attached hydrogen (secondary N) is 2. The van der Waals surface area contributed by atoms with E-state index in [0.29, 0.717) is 10.0 Å². The van der Waals surface area contributed by atoms with Crippen molar-refractivity contribution in [1.82, 2.24) is 5.32 Å². The molecule has 0 saturated heterocycles. The van der Waals surface area contributed by atoms with Gasteiger partial charge in [0.25, 0.3) is 0 Å². The van der Waals surface area contributed by atoms with Crippen molar-refractivity contribution < 1.29 is 19.1 Å². The van der Waals surface area contributed by atoms with Crippen LogP contribution in [0.5, 0.6) is 0 Å². The molecule has 4 rings (SSSR count). The van der Waals surface area contributed by atoms with Gasteiger partial charge in [0.05, 0.1) is 13.2 Å². The lowest BCUT2D eigenvalue weighted by Gasteiger charge is -2.34. The molecule has 0 aliphatic carbocycles. The number of esters is 1. The molecule has 3 aromatic carbocycles. The van der Waals surface area contributed by atoms with Gasteiger partial charge in [-0.25, -0.2) is 9.59 Å². The van der Waals surface area contributed by atoms with E-state index in [1.165, 1.54) is 7.11 Å². The lowest BCUT2D eigenvalue weighted by Crippen LogP contribution is -2.45. The van der Waals surface area contributed by atoms with Gasteiger partial charge in [-0.15, -0.1) is 11.8 Å². The number of hydrogen-bond acceptors (Lipinski definition) is 6. The van der Waals surface area contributed by atoms with Crippen LogP contribution in [0.15, 0.2) is 71.6 Å². The van der Waals surface area contributed by atoms with Gasteiger partial charge in [0, 0.05) is 37.9 Å². The van der Waals surface area contributed by atoms with E-state index in [9.17, 15) is 9.59 Å². The molecular weight excluding hydrogens is 555 g/mol. The SMILES string of the molecule is COC(=O)[C@H](Cc1ccc2c(c1)[C@H](Sc1ccccc1)C[C@H](c1c(Cl)cccc1Cl)N2)NC(=O)OC(C)(C)C. The van der Waals surface area contributed by atoms with Gasteiger partial charge in [-0.1, -0.05) is 59.6 Å². The molecule has 6 nitrogen and oxygen atoms in total. The first-order valence-corrected chi connectivity index (χ1v) is 14.3. The van der Waals surface area contributed by atoms with Crippen molar-refractivity contribution in [3.8, 4) is 0 Å². The van der Waals surface area contributed by atoms with Crippen LogP contribution in [0.25, 0.3) is 0 Å². The van der Waals surface area contributed by atoms with E-state index in [0.717, 1.165) is 33.7 Å². The van der Waals surface area contributed by atoms with Gasteiger partial charge in [-0.2, -0.15) is 0 Å². The van der Waals surface area contributed by atoms with Crippen LogP contribution in [-0.2, 0) is 20.7 Å². The van der Waals surface area contributed by atoms with Crippen LogP contribution >= 0.6 is 35.0 Å². The molecule has 0 aromatic heterocycles. The smallest absolute Gasteiger partial charge is 0.408 e. The Hall–Kier alpha value is -2.87. The number of hydrogen-bond donors (Lipinski definition) is 2. The monoisotopic (exact) mass is 586 g/mol. The second-order valence-electron chi connectivity index (χ2n) is 10.3. The zero-order chi connectivity index (χ0) is 28.2. The van der Waals surface area contributed by atoms with E-state index >= 15 is 0 Å². The topological polar surface area (TPSA) is 76.7 Å². The summed E-state index contributed by atoms with van der Waals surface area (Å²) < 4.78 is 10.3. The van der Waals surface area contributed by atoms with Crippen LogP contribution in [0, 0.1) is 0 Å². The molecule has 0 radical (unpaired) electrons. The predicted molar refractivity (Wildman–Crippen MR) is 158 cm³/mol. The molecule has 0 unspecified atom stereocenters. The largest absolute Gasteiger partial charge is 0.467 e. The Labute approximate surface area is 243 Å². The van der Waals surface area contributed by atoms with Crippen molar-refractivity contribution >= 4 is 52.7 Å². The Balaban J connectivity index is 1.64. The quantitative estimate of drug-likeness (QED) is 0.273. The first-order valence-electron chi connectivity index (χ1n) is 12.7. The first-order chi connectivity index (χ1) is 18.5. The minimum absolute atomic E-state index is 0.0799. The van der Waals surface area contributed by atoms with Gasteiger partial charge in [0.15, 0.2) is 0 Å². The number of anilines is 1. The number of alkyl carbamates (subject to hydrolysis) is 1. The van der Waals surface area contributed by atoms with Crippen molar-refractivity contribution in [1.29, 1.82) is 0 Å². The number of thioether (sulfide) groups is 1. The number of benzene rings is 3. The average Bonchev–Trinajstić information content (AvgIpc) is 2.87. The number of rotatable bonds is 7. The molecule has 0 bridgehead atoms. The summed E-state index contributed by atoms with van der Waals surface area (Å²) in [5.74, 6) is -0.541. The molecule has 2 N–H and O–H groups in total. The minimum Gasteiger partial charge on any atom is -0.467 e. The summed E-state index contributed by atoms with van der Waals surface area (Å²) in [6.45, 7) is 5.30. The third-order valence-electron chi connectivity index (χ3n) is 6.23. The highest BCUT2D eigenvalue weighted by Gasteiger charge is 2.32. The highest BCUT2D eigenvalue weighted by molar-refractivity contribution is 7.99. The summed E-state index contributed by atoms with van der Waals surface area (Å²) >= 11 is 14.9. The van der Waals surface area contributed by atoms with Crippen molar-refractivity contribution in [3.05, 3.63) is 93.5 Å². The van der Waals surface area contributed by atoms with Gasteiger partial charge in [-0.05, 0) is 68.7 Å². The number of carbonyl (C=O) groups excluding carboxylic acids is 2. The second kappa shape index (κ2) is 12.5. The molecule has 1 amide bonds. The summed E-state index contributed by atoms with van der Waals surface area (Å²) in [4.78, 5) is 26.1. The fourth-order valence-corrected chi connectivity index (χ4v) is 6.47. The Morgan fingerprint density at radius 2 is 1.74 bits per heavy atom. The summed E-state index contributed by atoms with van der Waals surface area (Å²) in [5, 5.41) is 7.60. The third kappa shape index (κ3) is 7.62. The van der Waals surface area contributed by atoms with E-state index < -0.39 is 23.7 Å². The highest BCUT2D eigenvalue weighted by Crippen LogP contribution is 2.50. The molecule has 3 atom stereocenters. The molecule has 9 heteroatoms. The zero-order valence-corrected chi connectivity index (χ0v) is 24.6. The van der Waals surface area contributed by atoms with E-state index in [-0.39, 0.29) is 17.7 Å². The minimum atomic E-state index is -0.894. The first kappa shape index (κ1) is 29.1. The maximum absolute atomic E-state index is 12.5. The van der Waals surface area contributed by atoms with Crippen LogP contribution in [0.3, 0.4) is 0 Å². The fourth-order valence-electron chi connectivity index (χ4n) is 4.55. The van der Waals surface area contributed by atoms with Crippen LogP contribution in [0.1, 0.15) is 55.2 Å². The Bertz CT molecular complexity index is 1310. The maximum atomic E-state index is 12.5. The van der Waals surface area contributed by atoms with Crippen LogP contribution in [0.2, 0.25) is 10.0 Å². The normalized spacial score (nSPS) is 17.4. The highest BCUT2D eigenvalue weighted by atomic mass is 35.5. The van der Waals surface area contributed by atoms with Gasteiger partial charge in [-0.3, -0.25) is 0 Å². The number of ether oxygens (including phenoxy) is 2. The van der Waals surface area contributed by atoms with Crippen LogP contribution in [-0.4, -0.2) is 30.8 Å².